The lowest BCUT2D eigenvalue weighted by molar-refractivity contribution is -0.123. The number of fused-ring (bicyclic) bond motifs is 1. The van der Waals surface area contributed by atoms with Crippen molar-refractivity contribution < 1.29 is 14.3 Å². The largest absolute Gasteiger partial charge is 0.496 e. The molecule has 34 heavy (non-hydrogen) atoms. The fourth-order valence-electron chi connectivity index (χ4n) is 5.12. The van der Waals surface area contributed by atoms with Gasteiger partial charge in [-0.3, -0.25) is 14.5 Å². The molecular formula is C28H34N2O3S. The van der Waals surface area contributed by atoms with Crippen molar-refractivity contribution in [3.05, 3.63) is 63.6 Å². The van der Waals surface area contributed by atoms with Gasteiger partial charge in [0.05, 0.1) is 18.6 Å². The van der Waals surface area contributed by atoms with E-state index >= 15 is 0 Å². The van der Waals surface area contributed by atoms with Crippen LogP contribution in [0.2, 0.25) is 0 Å². The first-order valence-electron chi connectivity index (χ1n) is 11.9. The van der Waals surface area contributed by atoms with E-state index in [1.165, 1.54) is 16.2 Å². The number of carbonyl (C=O) groups is 2. The van der Waals surface area contributed by atoms with Crippen LogP contribution >= 0.6 is 11.8 Å². The van der Waals surface area contributed by atoms with E-state index < -0.39 is 0 Å². The number of aryl methyl sites for hydroxylation is 1. The van der Waals surface area contributed by atoms with Gasteiger partial charge in [-0.2, -0.15) is 0 Å². The number of nitrogens with zero attached hydrogens (tertiary/aromatic N) is 2. The normalized spacial score (nSPS) is 20.8. The molecule has 1 saturated heterocycles. The van der Waals surface area contributed by atoms with Gasteiger partial charge in [0.25, 0.3) is 11.1 Å². The summed E-state index contributed by atoms with van der Waals surface area (Å²) < 4.78 is 5.76. The fourth-order valence-corrected chi connectivity index (χ4v) is 5.95. The molecule has 5 nitrogen and oxygen atoms in total. The van der Waals surface area contributed by atoms with E-state index in [1.54, 1.807) is 7.11 Å². The Balaban J connectivity index is 1.68. The Morgan fingerprint density at radius 3 is 2.53 bits per heavy atom. The molecule has 0 N–H and O–H groups in total. The molecular weight excluding hydrogens is 444 g/mol. The Labute approximate surface area is 207 Å². The highest BCUT2D eigenvalue weighted by molar-refractivity contribution is 8.18. The van der Waals surface area contributed by atoms with Crippen molar-refractivity contribution in [1.82, 2.24) is 4.90 Å². The van der Waals surface area contributed by atoms with Crippen molar-refractivity contribution in [2.45, 2.75) is 65.5 Å². The highest BCUT2D eigenvalue weighted by Crippen LogP contribution is 2.46. The highest BCUT2D eigenvalue weighted by Gasteiger charge is 2.38. The Morgan fingerprint density at radius 2 is 1.88 bits per heavy atom. The molecule has 2 amide bonds. The van der Waals surface area contributed by atoms with E-state index in [9.17, 15) is 9.59 Å². The molecule has 0 spiro atoms. The van der Waals surface area contributed by atoms with Crippen LogP contribution in [0.1, 0.15) is 68.7 Å². The number of thioether (sulfide) groups is 1. The van der Waals surface area contributed by atoms with Gasteiger partial charge in [0.1, 0.15) is 5.75 Å². The summed E-state index contributed by atoms with van der Waals surface area (Å²) in [6.07, 6.45) is 3.93. The van der Waals surface area contributed by atoms with Gasteiger partial charge in [-0.1, -0.05) is 43.7 Å². The second kappa shape index (κ2) is 9.49. The van der Waals surface area contributed by atoms with Crippen molar-refractivity contribution in [3.8, 4) is 5.75 Å². The molecule has 1 atom stereocenters. The van der Waals surface area contributed by atoms with E-state index in [-0.39, 0.29) is 23.2 Å². The molecule has 6 heteroatoms. The number of amides is 2. The second-order valence-electron chi connectivity index (χ2n) is 9.98. The molecule has 4 rings (SSSR count). The van der Waals surface area contributed by atoms with Crippen LogP contribution in [-0.2, 0) is 11.3 Å². The van der Waals surface area contributed by atoms with E-state index in [4.69, 9.17) is 4.74 Å². The number of rotatable bonds is 6. The highest BCUT2D eigenvalue weighted by atomic mass is 32.2. The summed E-state index contributed by atoms with van der Waals surface area (Å²) in [6, 6.07) is 12.1. The number of imide groups is 1. The number of carbonyl (C=O) groups excluding carboxylic acids is 2. The van der Waals surface area contributed by atoms with Gasteiger partial charge in [0, 0.05) is 29.4 Å². The summed E-state index contributed by atoms with van der Waals surface area (Å²) in [5, 5.41) is -0.238. The van der Waals surface area contributed by atoms with Crippen LogP contribution in [0.4, 0.5) is 10.5 Å². The quantitative estimate of drug-likeness (QED) is 0.430. The molecule has 0 radical (unpaired) electrons. The summed E-state index contributed by atoms with van der Waals surface area (Å²) in [6.45, 7) is 12.3. The zero-order chi connectivity index (χ0) is 24.6. The van der Waals surface area contributed by atoms with Gasteiger partial charge in [0.15, 0.2) is 0 Å². The molecule has 2 aromatic rings. The topological polar surface area (TPSA) is 49.9 Å². The minimum Gasteiger partial charge on any atom is -0.496 e. The predicted octanol–water partition coefficient (Wildman–Crippen LogP) is 6.74. The number of hydrogen-bond donors (Lipinski definition) is 0. The Hall–Kier alpha value is -2.73. The number of ether oxygens (including phenoxy) is 1. The van der Waals surface area contributed by atoms with Gasteiger partial charge < -0.3 is 9.64 Å². The molecule has 1 fully saturated rings. The van der Waals surface area contributed by atoms with Crippen molar-refractivity contribution in [3.63, 3.8) is 0 Å². The third-order valence-electron chi connectivity index (χ3n) is 6.81. The minimum atomic E-state index is -0.253. The van der Waals surface area contributed by atoms with E-state index in [0.717, 1.165) is 53.6 Å². The van der Waals surface area contributed by atoms with Crippen LogP contribution in [-0.4, -0.2) is 35.2 Å². The first-order chi connectivity index (χ1) is 16.1. The monoisotopic (exact) mass is 478 g/mol. The lowest BCUT2D eigenvalue weighted by Gasteiger charge is -2.47. The maximum atomic E-state index is 13.1. The van der Waals surface area contributed by atoms with E-state index in [0.29, 0.717) is 10.8 Å². The van der Waals surface area contributed by atoms with Gasteiger partial charge >= 0.3 is 0 Å². The standard InChI is InChI=1S/C28H34N2O3S/c1-7-12-30-23-15-24(33-6)21(13-22(23)19(3)16-28(30,4)5)14-25-26(31)29(27(32)34-25)17-20-10-8-18(2)9-11-20/h8-11,13-15,19H,7,12,16-17H2,1-6H3/b25-14+. The first-order valence-corrected chi connectivity index (χ1v) is 12.8. The molecule has 0 aliphatic carbocycles. The predicted molar refractivity (Wildman–Crippen MR) is 140 cm³/mol. The summed E-state index contributed by atoms with van der Waals surface area (Å²) in [5.41, 5.74) is 5.45. The van der Waals surface area contributed by atoms with Crippen molar-refractivity contribution in [2.24, 2.45) is 0 Å². The van der Waals surface area contributed by atoms with Crippen molar-refractivity contribution >= 4 is 34.7 Å². The second-order valence-corrected chi connectivity index (χ2v) is 11.0. The minimum absolute atomic E-state index is 0.0631. The number of hydrogen-bond acceptors (Lipinski definition) is 5. The fraction of sp³-hybridized carbons (Fsp3) is 0.429. The molecule has 2 aliphatic heterocycles. The van der Waals surface area contributed by atoms with Crippen LogP contribution in [0, 0.1) is 6.92 Å². The first kappa shape index (κ1) is 24.4. The molecule has 1 unspecified atom stereocenters. The molecule has 0 bridgehead atoms. The van der Waals surface area contributed by atoms with Crippen LogP contribution in [0.5, 0.6) is 5.75 Å². The van der Waals surface area contributed by atoms with Crippen LogP contribution < -0.4 is 9.64 Å². The van der Waals surface area contributed by atoms with Crippen LogP contribution in [0.3, 0.4) is 0 Å². The number of methoxy groups -OCH3 is 1. The maximum Gasteiger partial charge on any atom is 0.293 e. The Morgan fingerprint density at radius 1 is 1.18 bits per heavy atom. The Bertz CT molecular complexity index is 1140. The lowest BCUT2D eigenvalue weighted by atomic mass is 9.79. The maximum absolute atomic E-state index is 13.1. The summed E-state index contributed by atoms with van der Waals surface area (Å²) in [4.78, 5) is 30.0. The number of benzene rings is 2. The average molecular weight is 479 g/mol. The average Bonchev–Trinajstić information content (AvgIpc) is 3.05. The molecule has 2 aromatic carbocycles. The van der Waals surface area contributed by atoms with Gasteiger partial charge in [-0.25, -0.2) is 0 Å². The molecule has 2 heterocycles. The third kappa shape index (κ3) is 4.61. The third-order valence-corrected chi connectivity index (χ3v) is 7.71. The molecule has 0 saturated carbocycles. The van der Waals surface area contributed by atoms with Gasteiger partial charge in [-0.15, -0.1) is 0 Å². The Kier molecular flexibility index (Phi) is 6.81. The zero-order valence-electron chi connectivity index (χ0n) is 21.0. The molecule has 0 aromatic heterocycles. The van der Waals surface area contributed by atoms with Gasteiger partial charge in [-0.05, 0) is 74.6 Å². The van der Waals surface area contributed by atoms with Crippen molar-refractivity contribution in [1.29, 1.82) is 0 Å². The van der Waals surface area contributed by atoms with Gasteiger partial charge in [0.2, 0.25) is 0 Å². The molecule has 2 aliphatic rings. The molecule has 180 valence electrons. The van der Waals surface area contributed by atoms with Crippen molar-refractivity contribution in [2.75, 3.05) is 18.6 Å². The smallest absolute Gasteiger partial charge is 0.293 e. The summed E-state index contributed by atoms with van der Waals surface area (Å²) in [5.74, 6) is 0.847. The zero-order valence-corrected chi connectivity index (χ0v) is 21.8. The summed E-state index contributed by atoms with van der Waals surface area (Å²) in [7, 11) is 1.66. The van der Waals surface area contributed by atoms with Crippen LogP contribution in [0.15, 0.2) is 41.3 Å². The lowest BCUT2D eigenvalue weighted by Crippen LogP contribution is -2.48. The van der Waals surface area contributed by atoms with E-state index in [2.05, 4.69) is 44.7 Å². The SMILES string of the molecule is CCCN1c2cc(OC)c(/C=C3/SC(=O)N(Cc4ccc(C)cc4)C3=O)cc2C(C)CC1(C)C. The number of anilines is 1. The van der Waals surface area contributed by atoms with Crippen LogP contribution in [0.25, 0.3) is 6.08 Å². The van der Waals surface area contributed by atoms with E-state index in [1.807, 2.05) is 37.3 Å². The summed E-state index contributed by atoms with van der Waals surface area (Å²) >= 11 is 0.997.